The van der Waals surface area contributed by atoms with Gasteiger partial charge in [0.1, 0.15) is 5.66 Å². The third kappa shape index (κ3) is 4.20. The van der Waals surface area contributed by atoms with Crippen molar-refractivity contribution in [2.75, 3.05) is 31.1 Å². The maximum absolute atomic E-state index is 13.2. The van der Waals surface area contributed by atoms with Gasteiger partial charge in [-0.15, -0.1) is 0 Å². The molecular weight excluding hydrogens is 392 g/mol. The van der Waals surface area contributed by atoms with Crippen molar-refractivity contribution in [1.82, 2.24) is 15.1 Å². The number of carbonyl (C=O) groups is 3. The molecule has 1 aromatic rings. The van der Waals surface area contributed by atoms with Crippen molar-refractivity contribution in [3.63, 3.8) is 0 Å². The van der Waals surface area contributed by atoms with E-state index < -0.39 is 5.66 Å². The van der Waals surface area contributed by atoms with Crippen LogP contribution in [0.5, 0.6) is 0 Å². The Bertz CT molecular complexity index is 849. The van der Waals surface area contributed by atoms with E-state index in [2.05, 4.69) is 17.1 Å². The number of hydrogen-bond acceptors (Lipinski definition) is 4. The molecule has 0 aromatic heterocycles. The van der Waals surface area contributed by atoms with Gasteiger partial charge in [-0.25, -0.2) is 0 Å². The van der Waals surface area contributed by atoms with Crippen LogP contribution in [0.15, 0.2) is 24.3 Å². The molecule has 1 atom stereocenters. The number of para-hydroxylation sites is 1. The predicted molar refractivity (Wildman–Crippen MR) is 120 cm³/mol. The zero-order valence-electron chi connectivity index (χ0n) is 18.7. The highest BCUT2D eigenvalue weighted by molar-refractivity contribution is 6.10. The fourth-order valence-electron chi connectivity index (χ4n) is 5.24. The van der Waals surface area contributed by atoms with Gasteiger partial charge in [0.2, 0.25) is 11.8 Å². The Labute approximate surface area is 184 Å². The van der Waals surface area contributed by atoms with Crippen molar-refractivity contribution in [2.45, 2.75) is 70.5 Å². The molecule has 0 aliphatic carbocycles. The van der Waals surface area contributed by atoms with E-state index in [4.69, 9.17) is 0 Å². The van der Waals surface area contributed by atoms with E-state index >= 15 is 0 Å². The molecule has 0 bridgehead atoms. The molecule has 4 rings (SSSR count). The number of amides is 3. The molecule has 7 nitrogen and oxygen atoms in total. The van der Waals surface area contributed by atoms with Gasteiger partial charge >= 0.3 is 0 Å². The molecule has 1 N–H and O–H groups in total. The second-order valence-corrected chi connectivity index (χ2v) is 9.21. The van der Waals surface area contributed by atoms with Crippen LogP contribution in [0.25, 0.3) is 0 Å². The summed E-state index contributed by atoms with van der Waals surface area (Å²) in [5.74, 6) is -0.0778. The van der Waals surface area contributed by atoms with Crippen LogP contribution < -0.4 is 10.2 Å². The summed E-state index contributed by atoms with van der Waals surface area (Å²) in [6, 6.07) is 7.49. The predicted octanol–water partition coefficient (Wildman–Crippen LogP) is 2.76. The van der Waals surface area contributed by atoms with Crippen LogP contribution in [0, 0.1) is 0 Å². The third-order valence-electron chi connectivity index (χ3n) is 7.09. The largest absolute Gasteiger partial charge is 0.353 e. The van der Waals surface area contributed by atoms with Crippen LogP contribution in [0.4, 0.5) is 5.69 Å². The lowest BCUT2D eigenvalue weighted by Gasteiger charge is -2.48. The summed E-state index contributed by atoms with van der Waals surface area (Å²) in [7, 11) is 0. The summed E-state index contributed by atoms with van der Waals surface area (Å²) in [6.07, 6.45) is 5.64. The van der Waals surface area contributed by atoms with E-state index in [0.29, 0.717) is 30.6 Å². The van der Waals surface area contributed by atoms with Crippen LogP contribution >= 0.6 is 0 Å². The van der Waals surface area contributed by atoms with Gasteiger partial charge < -0.3 is 15.1 Å². The molecule has 3 aliphatic rings. The number of hydrogen-bond donors (Lipinski definition) is 1. The number of carbonyl (C=O) groups excluding carboxylic acids is 3. The summed E-state index contributed by atoms with van der Waals surface area (Å²) in [4.78, 5) is 44.5. The highest BCUT2D eigenvalue weighted by Gasteiger charge is 2.52. The number of fused-ring (bicyclic) bond motifs is 3. The van der Waals surface area contributed by atoms with E-state index in [1.807, 2.05) is 25.1 Å². The fraction of sp³-hybridized carbons (Fsp3) is 0.625. The summed E-state index contributed by atoms with van der Waals surface area (Å²) in [6.45, 7) is 7.66. The first-order valence-electron chi connectivity index (χ1n) is 11.7. The number of piperidine rings is 1. The number of unbranched alkanes of at least 4 members (excludes halogenated alkanes) is 1. The maximum atomic E-state index is 13.2. The average molecular weight is 427 g/mol. The maximum Gasteiger partial charge on any atom is 0.257 e. The monoisotopic (exact) mass is 426 g/mol. The van der Waals surface area contributed by atoms with E-state index in [0.717, 1.165) is 32.5 Å². The fourth-order valence-corrected chi connectivity index (χ4v) is 5.24. The number of rotatable bonds is 7. The zero-order valence-corrected chi connectivity index (χ0v) is 18.7. The number of nitrogens with zero attached hydrogens (tertiary/aromatic N) is 3. The molecule has 2 fully saturated rings. The Kier molecular flexibility index (Phi) is 6.32. The van der Waals surface area contributed by atoms with Crippen LogP contribution in [0.3, 0.4) is 0 Å². The first-order chi connectivity index (χ1) is 14.9. The molecule has 31 heavy (non-hydrogen) atoms. The molecule has 0 spiro atoms. The van der Waals surface area contributed by atoms with Crippen molar-refractivity contribution < 1.29 is 14.4 Å². The normalized spacial score (nSPS) is 24.3. The summed E-state index contributed by atoms with van der Waals surface area (Å²) < 4.78 is 0. The number of likely N-dealkylation sites (tertiary alicyclic amines) is 1. The summed E-state index contributed by atoms with van der Waals surface area (Å²) >= 11 is 0. The molecule has 1 aromatic carbocycles. The second kappa shape index (κ2) is 8.99. The second-order valence-electron chi connectivity index (χ2n) is 9.21. The highest BCUT2D eigenvalue weighted by atomic mass is 16.2. The van der Waals surface area contributed by atoms with Gasteiger partial charge in [-0.05, 0) is 51.3 Å². The lowest BCUT2D eigenvalue weighted by molar-refractivity contribution is -0.122. The minimum atomic E-state index is -0.701. The summed E-state index contributed by atoms with van der Waals surface area (Å²) in [5, 5.41) is 3.17. The van der Waals surface area contributed by atoms with Crippen LogP contribution in [0.1, 0.15) is 69.2 Å². The Hall–Kier alpha value is -2.41. The van der Waals surface area contributed by atoms with Crippen molar-refractivity contribution >= 4 is 23.4 Å². The number of nitrogens with one attached hydrogen (secondary N) is 1. The van der Waals surface area contributed by atoms with Crippen LogP contribution in [-0.4, -0.2) is 65.4 Å². The summed E-state index contributed by atoms with van der Waals surface area (Å²) in [5.41, 5.74) is 0.524. The quantitative estimate of drug-likeness (QED) is 0.728. The Morgan fingerprint density at radius 1 is 1.16 bits per heavy atom. The number of anilines is 1. The van der Waals surface area contributed by atoms with Gasteiger partial charge in [0, 0.05) is 38.5 Å². The average Bonchev–Trinajstić information content (AvgIpc) is 3.08. The van der Waals surface area contributed by atoms with Gasteiger partial charge in [0.15, 0.2) is 0 Å². The van der Waals surface area contributed by atoms with E-state index in [1.54, 1.807) is 15.9 Å². The molecule has 1 unspecified atom stereocenters. The Morgan fingerprint density at radius 3 is 2.65 bits per heavy atom. The number of benzene rings is 1. The third-order valence-corrected chi connectivity index (χ3v) is 7.09. The lowest BCUT2D eigenvalue weighted by atomic mass is 9.98. The molecule has 0 radical (unpaired) electrons. The molecule has 3 amide bonds. The Balaban J connectivity index is 1.37. The van der Waals surface area contributed by atoms with Gasteiger partial charge in [-0.2, -0.15) is 0 Å². The SMILES string of the molecule is CCCCN1CCC(NC(=O)CCN2C(=O)c3ccccc3N3C(=O)CCC23C)CC1. The highest BCUT2D eigenvalue weighted by Crippen LogP contribution is 2.43. The van der Waals surface area contributed by atoms with E-state index in [9.17, 15) is 14.4 Å². The van der Waals surface area contributed by atoms with Gasteiger partial charge in [0.25, 0.3) is 5.91 Å². The van der Waals surface area contributed by atoms with E-state index in [1.165, 1.54) is 12.8 Å². The van der Waals surface area contributed by atoms with Crippen molar-refractivity contribution in [3.05, 3.63) is 29.8 Å². The first kappa shape index (κ1) is 21.8. The van der Waals surface area contributed by atoms with Crippen molar-refractivity contribution in [1.29, 1.82) is 0 Å². The van der Waals surface area contributed by atoms with E-state index in [-0.39, 0.29) is 30.2 Å². The zero-order chi connectivity index (χ0) is 22.0. The lowest BCUT2D eigenvalue weighted by Crippen LogP contribution is -2.62. The van der Waals surface area contributed by atoms with Crippen LogP contribution in [0.2, 0.25) is 0 Å². The van der Waals surface area contributed by atoms with Crippen LogP contribution in [-0.2, 0) is 9.59 Å². The molecule has 7 heteroatoms. The van der Waals surface area contributed by atoms with Gasteiger partial charge in [-0.3, -0.25) is 19.3 Å². The molecular formula is C24H34N4O3. The molecule has 2 saturated heterocycles. The molecule has 168 valence electrons. The minimum absolute atomic E-state index is 0.0156. The smallest absolute Gasteiger partial charge is 0.257 e. The van der Waals surface area contributed by atoms with Gasteiger partial charge in [-0.1, -0.05) is 25.5 Å². The Morgan fingerprint density at radius 2 is 1.90 bits per heavy atom. The molecule has 3 heterocycles. The topological polar surface area (TPSA) is 73.0 Å². The van der Waals surface area contributed by atoms with Gasteiger partial charge in [0.05, 0.1) is 11.3 Å². The molecule has 3 aliphatic heterocycles. The molecule has 0 saturated carbocycles. The van der Waals surface area contributed by atoms with Crippen molar-refractivity contribution in [2.24, 2.45) is 0 Å². The first-order valence-corrected chi connectivity index (χ1v) is 11.7. The minimum Gasteiger partial charge on any atom is -0.353 e. The van der Waals surface area contributed by atoms with Crippen molar-refractivity contribution in [3.8, 4) is 0 Å². The standard InChI is InChI=1S/C24H34N4O3/c1-3-4-14-26-15-10-18(11-16-26)25-21(29)12-17-27-23(31)19-7-5-6-8-20(19)28-22(30)9-13-24(27,28)2/h5-8,18H,3-4,9-17H2,1-2H3,(H,25,29).